The number of esters is 4. The summed E-state index contributed by atoms with van der Waals surface area (Å²) in [6, 6.07) is 0. The molecule has 0 aliphatic rings. The molecule has 3 N–H and O–H groups in total. The van der Waals surface area contributed by atoms with Gasteiger partial charge < -0.3 is 33.8 Å². The molecule has 0 heterocycles. The molecule has 0 aromatic heterocycles. The normalized spacial score (nSPS) is 14.0. The van der Waals surface area contributed by atoms with Crippen molar-refractivity contribution in [2.75, 3.05) is 39.6 Å². The highest BCUT2D eigenvalue weighted by Crippen LogP contribution is 2.45. The quantitative estimate of drug-likeness (QED) is 0.0222. The van der Waals surface area contributed by atoms with E-state index in [4.69, 9.17) is 37.0 Å². The van der Waals surface area contributed by atoms with E-state index in [9.17, 15) is 43.2 Å². The van der Waals surface area contributed by atoms with Crippen LogP contribution in [0.25, 0.3) is 0 Å². The highest BCUT2D eigenvalue weighted by Gasteiger charge is 2.30. The molecule has 0 amide bonds. The van der Waals surface area contributed by atoms with Crippen LogP contribution >= 0.6 is 15.6 Å². The predicted octanol–water partition coefficient (Wildman–Crippen LogP) is 22.3. The fraction of sp³-hybridized carbons (Fsp3) is 0.947. The second kappa shape index (κ2) is 67.9. The molecule has 0 aromatic carbocycles. The van der Waals surface area contributed by atoms with E-state index in [0.29, 0.717) is 25.7 Å². The van der Waals surface area contributed by atoms with E-state index < -0.39 is 97.5 Å². The summed E-state index contributed by atoms with van der Waals surface area (Å²) in [6.07, 6.45) is 55.3. The van der Waals surface area contributed by atoms with Gasteiger partial charge in [-0.15, -0.1) is 0 Å². The fourth-order valence-corrected chi connectivity index (χ4v) is 13.2. The van der Waals surface area contributed by atoms with Crippen molar-refractivity contribution < 1.29 is 80.2 Å². The topological polar surface area (TPSA) is 237 Å². The summed E-state index contributed by atoms with van der Waals surface area (Å²) in [5.74, 6) is -0.598. The van der Waals surface area contributed by atoms with E-state index in [0.717, 1.165) is 102 Å². The minimum absolute atomic E-state index is 0.107. The summed E-state index contributed by atoms with van der Waals surface area (Å²) < 4.78 is 68.6. The van der Waals surface area contributed by atoms with E-state index in [1.165, 1.54) is 212 Å². The molecular formula is C76H148O17P2. The number of hydrogen-bond donors (Lipinski definition) is 3. The summed E-state index contributed by atoms with van der Waals surface area (Å²) in [5.41, 5.74) is 0. The van der Waals surface area contributed by atoms with E-state index >= 15 is 0 Å². The van der Waals surface area contributed by atoms with Crippen molar-refractivity contribution in [2.45, 2.75) is 413 Å². The number of ether oxygens (including phenoxy) is 4. The maximum Gasteiger partial charge on any atom is 0.472 e. The largest absolute Gasteiger partial charge is 0.472 e. The Morgan fingerprint density at radius 3 is 0.716 bits per heavy atom. The summed E-state index contributed by atoms with van der Waals surface area (Å²) in [5, 5.41) is 10.6. The molecule has 0 saturated carbocycles. The van der Waals surface area contributed by atoms with Gasteiger partial charge in [-0.25, -0.2) is 9.13 Å². The number of carbonyl (C=O) groups excluding carboxylic acids is 4. The molecule has 0 fully saturated rings. The average Bonchev–Trinajstić information content (AvgIpc) is 1.95. The standard InChI is InChI=1S/C76H148O17P2/c1-7-9-11-13-15-17-19-21-22-23-25-29-36-43-49-55-61-76(81)92-71(64-86-73(78)58-52-46-40-34-30-26-27-32-38-44-50-56-68(3)4)66-90-94(82,83)88-62-70(77)63-89-95(84,85)91-67-72(65-87-74(79)59-53-47-41-37-31-33-39-45-51-57-69(5)6)93-75(80)60-54-48-42-35-28-24-20-18-16-14-12-10-8-2/h68-72,77H,7-67H2,1-6H3,(H,82,83)(H,84,85)/t70-,71-,72-/m1/s1. The van der Waals surface area contributed by atoms with Crippen molar-refractivity contribution in [1.29, 1.82) is 0 Å². The van der Waals surface area contributed by atoms with Gasteiger partial charge in [0.25, 0.3) is 0 Å². The lowest BCUT2D eigenvalue weighted by atomic mass is 10.0. The highest BCUT2D eigenvalue weighted by atomic mass is 31.2. The average molecular weight is 1400 g/mol. The van der Waals surface area contributed by atoms with Gasteiger partial charge in [-0.1, -0.05) is 343 Å². The van der Waals surface area contributed by atoms with E-state index in [-0.39, 0.29) is 25.7 Å². The molecule has 95 heavy (non-hydrogen) atoms. The zero-order valence-corrected chi connectivity index (χ0v) is 63.8. The van der Waals surface area contributed by atoms with E-state index in [1.807, 2.05) is 0 Å². The van der Waals surface area contributed by atoms with Gasteiger partial charge in [0.15, 0.2) is 12.2 Å². The third kappa shape index (κ3) is 70.3. The van der Waals surface area contributed by atoms with Gasteiger partial charge >= 0.3 is 39.5 Å². The van der Waals surface area contributed by atoms with Gasteiger partial charge in [-0.3, -0.25) is 37.3 Å². The summed E-state index contributed by atoms with van der Waals surface area (Å²) in [4.78, 5) is 72.8. The van der Waals surface area contributed by atoms with Gasteiger partial charge in [-0.2, -0.15) is 0 Å². The molecular weight excluding hydrogens is 1250 g/mol. The first-order chi connectivity index (χ1) is 45.9. The fourth-order valence-electron chi connectivity index (χ4n) is 11.7. The van der Waals surface area contributed by atoms with Crippen LogP contribution < -0.4 is 0 Å². The molecule has 17 nitrogen and oxygen atoms in total. The SMILES string of the molecule is CCCCCCCCCCCCCCCCCCC(=O)O[C@H](COC(=O)CCCCCCCCCCCCCC(C)C)COP(=O)(O)OC[C@@H](O)COP(=O)(O)OC[C@@H](COC(=O)CCCCCCCCCCCC(C)C)OC(=O)CCCCCCCCCCCCCCC. The molecule has 5 atom stereocenters. The Balaban J connectivity index is 5.26. The van der Waals surface area contributed by atoms with Gasteiger partial charge in [-0.05, 0) is 37.5 Å². The second-order valence-corrected chi connectivity index (χ2v) is 31.3. The molecule has 0 aliphatic heterocycles. The Kier molecular flexibility index (Phi) is 66.5. The molecule has 564 valence electrons. The Hall–Kier alpha value is -1.94. The molecule has 0 spiro atoms. The lowest BCUT2D eigenvalue weighted by Gasteiger charge is -2.21. The number of phosphoric acid groups is 2. The summed E-state index contributed by atoms with van der Waals surface area (Å²) in [6.45, 7) is 9.59. The molecule has 0 radical (unpaired) electrons. The Bertz CT molecular complexity index is 1840. The first-order valence-corrected chi connectivity index (χ1v) is 42.5. The Labute approximate surface area is 581 Å². The van der Waals surface area contributed by atoms with Crippen molar-refractivity contribution in [3.63, 3.8) is 0 Å². The molecule has 0 rings (SSSR count). The minimum Gasteiger partial charge on any atom is -0.462 e. The number of rotatable bonds is 75. The Morgan fingerprint density at radius 2 is 0.484 bits per heavy atom. The monoisotopic (exact) mass is 1400 g/mol. The summed E-state index contributed by atoms with van der Waals surface area (Å²) in [7, 11) is -9.91. The predicted molar refractivity (Wildman–Crippen MR) is 386 cm³/mol. The van der Waals surface area contributed by atoms with Crippen molar-refractivity contribution in [3.05, 3.63) is 0 Å². The van der Waals surface area contributed by atoms with Crippen LogP contribution in [0.2, 0.25) is 0 Å². The third-order valence-corrected chi connectivity index (χ3v) is 19.6. The number of unbranched alkanes of at least 4 members (excludes halogenated alkanes) is 45. The van der Waals surface area contributed by atoms with Crippen molar-refractivity contribution in [1.82, 2.24) is 0 Å². The molecule has 0 aromatic rings. The lowest BCUT2D eigenvalue weighted by Crippen LogP contribution is -2.30. The molecule has 0 bridgehead atoms. The maximum atomic E-state index is 13.1. The second-order valence-electron chi connectivity index (χ2n) is 28.3. The van der Waals surface area contributed by atoms with Gasteiger partial charge in [0.2, 0.25) is 0 Å². The smallest absolute Gasteiger partial charge is 0.462 e. The maximum absolute atomic E-state index is 13.1. The van der Waals surface area contributed by atoms with Crippen LogP contribution in [-0.4, -0.2) is 96.7 Å². The minimum atomic E-state index is -4.96. The first kappa shape index (κ1) is 93.1. The van der Waals surface area contributed by atoms with Crippen molar-refractivity contribution >= 4 is 39.5 Å². The molecule has 2 unspecified atom stereocenters. The molecule has 19 heteroatoms. The highest BCUT2D eigenvalue weighted by molar-refractivity contribution is 7.47. The van der Waals surface area contributed by atoms with Crippen molar-refractivity contribution in [3.8, 4) is 0 Å². The third-order valence-electron chi connectivity index (χ3n) is 17.7. The van der Waals surface area contributed by atoms with Crippen LogP contribution in [0.3, 0.4) is 0 Å². The van der Waals surface area contributed by atoms with Crippen LogP contribution in [0.15, 0.2) is 0 Å². The summed E-state index contributed by atoms with van der Waals surface area (Å²) >= 11 is 0. The number of carbonyl (C=O) groups is 4. The van der Waals surface area contributed by atoms with E-state index in [2.05, 4.69) is 41.5 Å². The number of aliphatic hydroxyl groups is 1. The zero-order chi connectivity index (χ0) is 70.0. The number of phosphoric ester groups is 2. The number of hydrogen-bond acceptors (Lipinski definition) is 15. The van der Waals surface area contributed by atoms with Gasteiger partial charge in [0.1, 0.15) is 19.3 Å². The van der Waals surface area contributed by atoms with Crippen LogP contribution in [0.1, 0.15) is 395 Å². The molecule has 0 saturated heterocycles. The van der Waals surface area contributed by atoms with Crippen LogP contribution in [0.5, 0.6) is 0 Å². The number of aliphatic hydroxyl groups excluding tert-OH is 1. The first-order valence-electron chi connectivity index (χ1n) is 39.5. The van der Waals surface area contributed by atoms with Crippen LogP contribution in [-0.2, 0) is 65.4 Å². The van der Waals surface area contributed by atoms with Gasteiger partial charge in [0.05, 0.1) is 26.4 Å². The van der Waals surface area contributed by atoms with Gasteiger partial charge in [0, 0.05) is 25.7 Å². The van der Waals surface area contributed by atoms with Crippen LogP contribution in [0, 0.1) is 11.8 Å². The lowest BCUT2D eigenvalue weighted by molar-refractivity contribution is -0.161. The van der Waals surface area contributed by atoms with E-state index in [1.54, 1.807) is 0 Å². The van der Waals surface area contributed by atoms with Crippen molar-refractivity contribution in [2.24, 2.45) is 11.8 Å². The Morgan fingerprint density at radius 1 is 0.284 bits per heavy atom. The zero-order valence-electron chi connectivity index (χ0n) is 62.0. The molecule has 0 aliphatic carbocycles. The van der Waals surface area contributed by atoms with Crippen LogP contribution in [0.4, 0.5) is 0 Å².